The monoisotopic (exact) mass is 575 g/mol. The smallest absolute Gasteiger partial charge is 0.242 e. The minimum atomic E-state index is -3.69. The average Bonchev–Trinajstić information content (AvgIpc) is 2.81. The van der Waals surface area contributed by atoms with Gasteiger partial charge in [-0.15, -0.1) is 0 Å². The van der Waals surface area contributed by atoms with E-state index < -0.39 is 16.1 Å². The van der Waals surface area contributed by atoms with Gasteiger partial charge in [0.1, 0.15) is 6.04 Å². The molecule has 0 heterocycles. The highest BCUT2D eigenvalue weighted by atomic mass is 35.5. The summed E-state index contributed by atoms with van der Waals surface area (Å²) in [6, 6.07) is 10.9. The predicted octanol–water partition coefficient (Wildman–Crippen LogP) is 5.53. The number of rotatable bonds is 12. The van der Waals surface area contributed by atoms with Gasteiger partial charge in [0, 0.05) is 35.6 Å². The topological polar surface area (TPSA) is 86.8 Å². The second-order valence-corrected chi connectivity index (χ2v) is 11.8. The van der Waals surface area contributed by atoms with Crippen molar-refractivity contribution in [2.75, 3.05) is 17.1 Å². The van der Waals surface area contributed by atoms with E-state index in [1.165, 1.54) is 17.0 Å². The van der Waals surface area contributed by atoms with Gasteiger partial charge >= 0.3 is 0 Å². The van der Waals surface area contributed by atoms with E-state index in [1.807, 2.05) is 19.9 Å². The highest BCUT2D eigenvalue weighted by molar-refractivity contribution is 7.92. The van der Waals surface area contributed by atoms with Crippen LogP contribution in [0, 0.1) is 0 Å². The van der Waals surface area contributed by atoms with Crippen LogP contribution in [0.1, 0.15) is 45.6 Å². The van der Waals surface area contributed by atoms with Crippen LogP contribution in [0.4, 0.5) is 5.69 Å². The van der Waals surface area contributed by atoms with Crippen LogP contribution in [-0.4, -0.2) is 50.0 Å². The predicted molar refractivity (Wildman–Crippen MR) is 147 cm³/mol. The number of benzene rings is 2. The maximum atomic E-state index is 13.3. The van der Waals surface area contributed by atoms with Crippen molar-refractivity contribution in [1.29, 1.82) is 0 Å². The Hall–Kier alpha value is -2.00. The van der Waals surface area contributed by atoms with Gasteiger partial charge in [-0.2, -0.15) is 0 Å². The molecule has 2 amide bonds. The lowest BCUT2D eigenvalue weighted by Gasteiger charge is -2.30. The van der Waals surface area contributed by atoms with Crippen LogP contribution in [0.2, 0.25) is 15.1 Å². The number of carbonyl (C=O) groups excluding carboxylic acids is 2. The lowest BCUT2D eigenvalue weighted by Crippen LogP contribution is -2.49. The third-order valence-corrected chi connectivity index (χ3v) is 7.90. The molecule has 0 aliphatic heterocycles. The highest BCUT2D eigenvalue weighted by Crippen LogP contribution is 2.31. The van der Waals surface area contributed by atoms with E-state index in [-0.39, 0.29) is 54.5 Å². The van der Waals surface area contributed by atoms with Gasteiger partial charge in [-0.25, -0.2) is 8.42 Å². The molecule has 0 spiro atoms. The molecule has 36 heavy (non-hydrogen) atoms. The molecule has 1 N–H and O–H groups in total. The molecule has 0 saturated carbocycles. The van der Waals surface area contributed by atoms with Crippen LogP contribution >= 0.6 is 34.8 Å². The lowest BCUT2D eigenvalue weighted by molar-refractivity contribution is -0.140. The summed E-state index contributed by atoms with van der Waals surface area (Å²) in [5, 5.41) is 3.97. The number of nitrogens with zero attached hydrogens (tertiary/aromatic N) is 2. The van der Waals surface area contributed by atoms with Crippen LogP contribution in [0.3, 0.4) is 0 Å². The van der Waals surface area contributed by atoms with E-state index in [9.17, 15) is 18.0 Å². The van der Waals surface area contributed by atoms with Crippen LogP contribution < -0.4 is 9.62 Å². The molecule has 0 saturated heterocycles. The number of hydrogen-bond donors (Lipinski definition) is 1. The van der Waals surface area contributed by atoms with Gasteiger partial charge in [0.05, 0.1) is 17.0 Å². The molecule has 11 heteroatoms. The van der Waals surface area contributed by atoms with Gasteiger partial charge in [0.2, 0.25) is 21.8 Å². The number of carbonyl (C=O) groups is 2. The molecule has 7 nitrogen and oxygen atoms in total. The average molecular weight is 577 g/mol. The third kappa shape index (κ3) is 8.54. The highest BCUT2D eigenvalue weighted by Gasteiger charge is 2.28. The molecule has 0 radical (unpaired) electrons. The first-order valence-electron chi connectivity index (χ1n) is 11.6. The van der Waals surface area contributed by atoms with E-state index in [2.05, 4.69) is 5.32 Å². The number of sulfonamides is 1. The van der Waals surface area contributed by atoms with Gasteiger partial charge in [-0.1, -0.05) is 59.9 Å². The molecule has 0 aromatic heterocycles. The zero-order valence-electron chi connectivity index (χ0n) is 20.8. The molecule has 2 aromatic carbocycles. The Morgan fingerprint density at radius 1 is 1.03 bits per heavy atom. The first-order chi connectivity index (χ1) is 16.8. The second kappa shape index (κ2) is 13.5. The number of anilines is 1. The van der Waals surface area contributed by atoms with Gasteiger partial charge in [0.15, 0.2) is 0 Å². The van der Waals surface area contributed by atoms with E-state index >= 15 is 0 Å². The van der Waals surface area contributed by atoms with Crippen molar-refractivity contribution in [3.05, 3.63) is 63.1 Å². The number of halogens is 3. The van der Waals surface area contributed by atoms with Crippen molar-refractivity contribution in [2.24, 2.45) is 0 Å². The van der Waals surface area contributed by atoms with Crippen molar-refractivity contribution in [3.8, 4) is 0 Å². The van der Waals surface area contributed by atoms with Gasteiger partial charge < -0.3 is 10.2 Å². The zero-order valence-corrected chi connectivity index (χ0v) is 23.9. The molecule has 2 atom stereocenters. The van der Waals surface area contributed by atoms with E-state index in [0.29, 0.717) is 15.6 Å². The molecular weight excluding hydrogens is 545 g/mol. The summed E-state index contributed by atoms with van der Waals surface area (Å²) in [6.07, 6.45) is 2.03. The number of amides is 2. The molecule has 2 aromatic rings. The van der Waals surface area contributed by atoms with Crippen LogP contribution in [0.5, 0.6) is 0 Å². The molecule has 0 bridgehead atoms. The maximum absolute atomic E-state index is 13.3. The fourth-order valence-electron chi connectivity index (χ4n) is 3.52. The molecule has 2 rings (SSSR count). The van der Waals surface area contributed by atoms with Gasteiger partial charge in [-0.05, 0) is 56.5 Å². The van der Waals surface area contributed by atoms with Crippen molar-refractivity contribution in [2.45, 2.75) is 58.7 Å². The Morgan fingerprint density at radius 2 is 1.69 bits per heavy atom. The Labute approximate surface area is 228 Å². The SMILES string of the molecule is CCC(C)NC(=O)C(C)N(Cc1ccccc1Cl)C(=O)CCCN(c1cc(Cl)ccc1Cl)S(C)(=O)=O. The van der Waals surface area contributed by atoms with E-state index in [1.54, 1.807) is 31.2 Å². The molecule has 0 fully saturated rings. The van der Waals surface area contributed by atoms with Crippen LogP contribution in [0.25, 0.3) is 0 Å². The Balaban J connectivity index is 2.22. The van der Waals surface area contributed by atoms with Gasteiger partial charge in [0.25, 0.3) is 0 Å². The van der Waals surface area contributed by atoms with E-state index in [0.717, 1.165) is 17.0 Å². The normalized spacial score (nSPS) is 13.1. The summed E-state index contributed by atoms with van der Waals surface area (Å²) < 4.78 is 26.1. The molecular formula is C25H32Cl3N3O4S. The Kier molecular flexibility index (Phi) is 11.3. The standard InChI is InChI=1S/C25H32Cl3N3O4S/c1-5-17(2)29-25(33)18(3)30(16-19-9-6-7-10-21(19)27)24(32)11-8-14-31(36(4,34)35)23-15-20(26)12-13-22(23)28/h6-7,9-10,12-13,15,17-18H,5,8,11,14,16H2,1-4H3,(H,29,33). The molecule has 2 unspecified atom stereocenters. The van der Waals surface area contributed by atoms with Crippen molar-refractivity contribution >= 4 is 62.3 Å². The summed E-state index contributed by atoms with van der Waals surface area (Å²) in [4.78, 5) is 27.7. The zero-order chi connectivity index (χ0) is 27.0. The fourth-order valence-corrected chi connectivity index (χ4v) is 5.12. The number of nitrogens with one attached hydrogen (secondary N) is 1. The third-order valence-electron chi connectivity index (χ3n) is 5.80. The first-order valence-corrected chi connectivity index (χ1v) is 14.6. The van der Waals surface area contributed by atoms with Crippen LogP contribution in [-0.2, 0) is 26.2 Å². The van der Waals surface area contributed by atoms with Crippen LogP contribution in [0.15, 0.2) is 42.5 Å². The minimum absolute atomic E-state index is 0.00953. The molecule has 0 aliphatic carbocycles. The van der Waals surface area contributed by atoms with Crippen molar-refractivity contribution < 1.29 is 18.0 Å². The van der Waals surface area contributed by atoms with Crippen molar-refractivity contribution in [3.63, 3.8) is 0 Å². The summed E-state index contributed by atoms with van der Waals surface area (Å²) in [5.74, 6) is -0.569. The molecule has 198 valence electrons. The quantitative estimate of drug-likeness (QED) is 0.360. The minimum Gasteiger partial charge on any atom is -0.352 e. The Morgan fingerprint density at radius 3 is 2.31 bits per heavy atom. The first kappa shape index (κ1) is 30.2. The summed E-state index contributed by atoms with van der Waals surface area (Å²) in [5.41, 5.74) is 0.951. The number of hydrogen-bond acceptors (Lipinski definition) is 4. The maximum Gasteiger partial charge on any atom is 0.242 e. The lowest BCUT2D eigenvalue weighted by atomic mass is 10.1. The van der Waals surface area contributed by atoms with Gasteiger partial charge in [-0.3, -0.25) is 13.9 Å². The second-order valence-electron chi connectivity index (χ2n) is 8.64. The molecule has 0 aliphatic rings. The van der Waals surface area contributed by atoms with E-state index in [4.69, 9.17) is 34.8 Å². The summed E-state index contributed by atoms with van der Waals surface area (Å²) in [7, 11) is -3.69. The summed E-state index contributed by atoms with van der Waals surface area (Å²) in [6.45, 7) is 5.68. The van der Waals surface area contributed by atoms with Crippen molar-refractivity contribution in [1.82, 2.24) is 10.2 Å². The largest absolute Gasteiger partial charge is 0.352 e. The fraction of sp³-hybridized carbons (Fsp3) is 0.440. The Bertz CT molecular complexity index is 1180. The summed E-state index contributed by atoms with van der Waals surface area (Å²) >= 11 is 18.6.